The van der Waals surface area contributed by atoms with E-state index in [1.165, 1.54) is 0 Å². The summed E-state index contributed by atoms with van der Waals surface area (Å²) in [6, 6.07) is 12.1. The van der Waals surface area contributed by atoms with E-state index in [4.69, 9.17) is 4.74 Å². The second-order valence-corrected chi connectivity index (χ2v) is 7.29. The zero-order valence-electron chi connectivity index (χ0n) is 17.1. The lowest BCUT2D eigenvalue weighted by molar-refractivity contribution is 0.119. The van der Waals surface area contributed by atoms with E-state index >= 15 is 0 Å². The average Bonchev–Trinajstić information content (AvgIpc) is 3.38. The van der Waals surface area contributed by atoms with Crippen LogP contribution in [-0.4, -0.2) is 46.8 Å². The Labute approximate surface area is 192 Å². The van der Waals surface area contributed by atoms with Gasteiger partial charge in [0.25, 0.3) is 0 Å². The fraction of sp³-hybridized carbons (Fsp3) is 0.350. The summed E-state index contributed by atoms with van der Waals surface area (Å²) >= 11 is 1.62. The van der Waals surface area contributed by atoms with Gasteiger partial charge in [-0.1, -0.05) is 18.2 Å². The summed E-state index contributed by atoms with van der Waals surface area (Å²) < 4.78 is 7.21. The van der Waals surface area contributed by atoms with Crippen molar-refractivity contribution in [2.45, 2.75) is 26.1 Å². The van der Waals surface area contributed by atoms with Crippen molar-refractivity contribution in [1.29, 1.82) is 0 Å². The lowest BCUT2D eigenvalue weighted by Crippen LogP contribution is -2.38. The van der Waals surface area contributed by atoms with E-state index in [1.807, 2.05) is 66.1 Å². The van der Waals surface area contributed by atoms with Crippen LogP contribution in [-0.2, 0) is 17.8 Å². The summed E-state index contributed by atoms with van der Waals surface area (Å²) in [4.78, 5) is 11.1. The van der Waals surface area contributed by atoms with Crippen LogP contribution in [0.15, 0.2) is 53.0 Å². The van der Waals surface area contributed by atoms with E-state index in [-0.39, 0.29) is 30.1 Å². The van der Waals surface area contributed by atoms with Crippen molar-refractivity contribution in [1.82, 2.24) is 25.0 Å². The molecule has 1 atom stereocenters. The number of methoxy groups -OCH3 is 1. The van der Waals surface area contributed by atoms with Crippen LogP contribution in [0.2, 0.25) is 0 Å². The molecule has 2 aromatic heterocycles. The second-order valence-electron chi connectivity index (χ2n) is 6.40. The monoisotopic (exact) mass is 526 g/mol. The highest BCUT2D eigenvalue weighted by molar-refractivity contribution is 14.0. The molecule has 0 bridgehead atoms. The SMILES string of the molecule is CN=C(NCc1ccn(-c2ccccc2)n1)N(C)Cc1csc(C(C)OC)n1.I. The number of para-hydroxylation sites is 1. The number of rotatable bonds is 7. The number of nitrogens with one attached hydrogen (secondary N) is 1. The van der Waals surface area contributed by atoms with Crippen LogP contribution < -0.4 is 5.32 Å². The first-order chi connectivity index (χ1) is 13.6. The van der Waals surface area contributed by atoms with Crippen LogP contribution in [0.1, 0.15) is 29.4 Å². The molecule has 0 amide bonds. The molecular weight excluding hydrogens is 499 g/mol. The summed E-state index contributed by atoms with van der Waals surface area (Å²) in [6.45, 7) is 3.27. The number of aromatic nitrogens is 3. The zero-order chi connectivity index (χ0) is 19.9. The molecule has 0 saturated heterocycles. The van der Waals surface area contributed by atoms with Crippen molar-refractivity contribution >= 4 is 41.3 Å². The molecule has 156 valence electrons. The molecule has 1 N–H and O–H groups in total. The predicted octanol–water partition coefficient (Wildman–Crippen LogP) is 3.86. The number of hydrogen-bond donors (Lipinski definition) is 1. The summed E-state index contributed by atoms with van der Waals surface area (Å²) in [5.74, 6) is 0.795. The number of halogens is 1. The molecule has 0 aliphatic carbocycles. The van der Waals surface area contributed by atoms with Gasteiger partial charge in [-0.15, -0.1) is 35.3 Å². The van der Waals surface area contributed by atoms with E-state index in [9.17, 15) is 0 Å². The molecular formula is C20H27IN6OS. The molecule has 1 aromatic carbocycles. The van der Waals surface area contributed by atoms with Crippen LogP contribution in [0.3, 0.4) is 0 Å². The van der Waals surface area contributed by atoms with Crippen LogP contribution in [0.25, 0.3) is 5.69 Å². The Morgan fingerprint density at radius 2 is 2.03 bits per heavy atom. The van der Waals surface area contributed by atoms with Gasteiger partial charge in [0.15, 0.2) is 5.96 Å². The van der Waals surface area contributed by atoms with E-state index < -0.39 is 0 Å². The summed E-state index contributed by atoms with van der Waals surface area (Å²) in [5, 5.41) is 11.0. The van der Waals surface area contributed by atoms with E-state index in [0.717, 1.165) is 28.0 Å². The highest BCUT2D eigenvalue weighted by atomic mass is 127. The Morgan fingerprint density at radius 3 is 2.72 bits per heavy atom. The van der Waals surface area contributed by atoms with Gasteiger partial charge >= 0.3 is 0 Å². The number of benzene rings is 1. The Kier molecular flexibility index (Phi) is 9.05. The van der Waals surface area contributed by atoms with Crippen LogP contribution >= 0.6 is 35.3 Å². The minimum atomic E-state index is 0. The second kappa shape index (κ2) is 11.3. The molecule has 2 heterocycles. The van der Waals surface area contributed by atoms with Gasteiger partial charge in [0.05, 0.1) is 30.2 Å². The van der Waals surface area contributed by atoms with Crippen LogP contribution in [0.4, 0.5) is 0 Å². The Bertz CT molecular complexity index is 911. The molecule has 0 aliphatic rings. The van der Waals surface area contributed by atoms with Gasteiger partial charge in [0, 0.05) is 32.8 Å². The quantitative estimate of drug-likeness (QED) is 0.288. The van der Waals surface area contributed by atoms with Crippen molar-refractivity contribution in [3.63, 3.8) is 0 Å². The fourth-order valence-corrected chi connectivity index (χ4v) is 3.58. The lowest BCUT2D eigenvalue weighted by atomic mass is 10.3. The number of nitrogens with zero attached hydrogens (tertiary/aromatic N) is 5. The summed E-state index contributed by atoms with van der Waals surface area (Å²) in [6.07, 6.45) is 1.98. The molecule has 7 nitrogen and oxygen atoms in total. The van der Waals surface area contributed by atoms with Gasteiger partial charge in [0.1, 0.15) is 11.1 Å². The van der Waals surface area contributed by atoms with Gasteiger partial charge in [0.2, 0.25) is 0 Å². The molecule has 0 spiro atoms. The van der Waals surface area contributed by atoms with E-state index in [2.05, 4.69) is 25.8 Å². The molecule has 0 fully saturated rings. The fourth-order valence-electron chi connectivity index (χ4n) is 2.74. The largest absolute Gasteiger partial charge is 0.375 e. The van der Waals surface area contributed by atoms with Crippen LogP contribution in [0.5, 0.6) is 0 Å². The third-order valence-corrected chi connectivity index (χ3v) is 5.39. The van der Waals surface area contributed by atoms with Gasteiger partial charge in [-0.05, 0) is 25.1 Å². The van der Waals surface area contributed by atoms with Gasteiger partial charge < -0.3 is 15.0 Å². The number of hydrogen-bond acceptors (Lipinski definition) is 5. The third kappa shape index (κ3) is 6.25. The van der Waals surface area contributed by atoms with Crippen molar-refractivity contribution in [3.05, 3.63) is 64.4 Å². The topological polar surface area (TPSA) is 67.6 Å². The highest BCUT2D eigenvalue weighted by Gasteiger charge is 2.13. The third-order valence-electron chi connectivity index (χ3n) is 4.34. The first-order valence-corrected chi connectivity index (χ1v) is 9.97. The maximum absolute atomic E-state index is 5.33. The number of guanidine groups is 1. The van der Waals surface area contributed by atoms with Crippen molar-refractivity contribution < 1.29 is 4.74 Å². The maximum Gasteiger partial charge on any atom is 0.194 e. The molecule has 0 aliphatic heterocycles. The molecule has 1 unspecified atom stereocenters. The van der Waals surface area contributed by atoms with Crippen LogP contribution in [0, 0.1) is 0 Å². The zero-order valence-corrected chi connectivity index (χ0v) is 20.2. The standard InChI is InChI=1S/C20H26N6OS.HI/c1-15(27-4)19-23-17(14-28-19)13-25(3)20(21-2)22-12-16-10-11-26(24-16)18-8-6-5-7-9-18;/h5-11,14-15H,12-13H2,1-4H3,(H,21,22);1H. The van der Waals surface area contributed by atoms with Crippen molar-refractivity contribution in [3.8, 4) is 5.69 Å². The molecule has 9 heteroatoms. The molecule has 3 aromatic rings. The van der Waals surface area contributed by atoms with Gasteiger partial charge in [-0.2, -0.15) is 5.10 Å². The normalized spacial score (nSPS) is 12.3. The van der Waals surface area contributed by atoms with E-state index in [0.29, 0.717) is 13.1 Å². The summed E-state index contributed by atoms with van der Waals surface area (Å²) in [5.41, 5.74) is 2.99. The number of aliphatic imine (C=N–C) groups is 1. The minimum Gasteiger partial charge on any atom is -0.375 e. The summed E-state index contributed by atoms with van der Waals surface area (Å²) in [7, 11) is 5.47. The smallest absolute Gasteiger partial charge is 0.194 e. The Hall–Kier alpha value is -1.98. The van der Waals surface area contributed by atoms with Gasteiger partial charge in [-0.25, -0.2) is 9.67 Å². The molecule has 29 heavy (non-hydrogen) atoms. The predicted molar refractivity (Wildman–Crippen MR) is 128 cm³/mol. The molecule has 0 radical (unpaired) electrons. The molecule has 3 rings (SSSR count). The van der Waals surface area contributed by atoms with Crippen molar-refractivity contribution in [2.24, 2.45) is 4.99 Å². The minimum absolute atomic E-state index is 0. The van der Waals surface area contributed by atoms with Crippen molar-refractivity contribution in [2.75, 3.05) is 21.2 Å². The molecule has 0 saturated carbocycles. The average molecular weight is 526 g/mol. The lowest BCUT2D eigenvalue weighted by Gasteiger charge is -2.20. The Balaban J connectivity index is 0.00000300. The number of ether oxygens (including phenoxy) is 1. The first kappa shape index (κ1) is 23.3. The first-order valence-electron chi connectivity index (χ1n) is 9.09. The van der Waals surface area contributed by atoms with Gasteiger partial charge in [-0.3, -0.25) is 4.99 Å². The van der Waals surface area contributed by atoms with E-state index in [1.54, 1.807) is 25.5 Å². The maximum atomic E-state index is 5.33. The Morgan fingerprint density at radius 1 is 1.28 bits per heavy atom. The highest BCUT2D eigenvalue weighted by Crippen LogP contribution is 2.20. The number of thiazole rings is 1.